The van der Waals surface area contributed by atoms with Crippen molar-refractivity contribution in [3.8, 4) is 0 Å². The third kappa shape index (κ3) is 3.95. The van der Waals surface area contributed by atoms with Gasteiger partial charge in [0, 0.05) is 0 Å². The summed E-state index contributed by atoms with van der Waals surface area (Å²) < 4.78 is 1.97. The molecule has 1 aromatic heterocycles. The number of piperidine rings is 1. The average molecular weight is 349 g/mol. The molecule has 1 aromatic carbocycles. The molecule has 2 aromatic rings. The SMILES string of the molecule is CC1CCN(C(c2ccccc2)c2nnnn2C(C)(C)C)CC1.[Cl-]. The molecule has 1 aliphatic heterocycles. The summed E-state index contributed by atoms with van der Waals surface area (Å²) in [6.45, 7) is 11.0. The zero-order valence-corrected chi connectivity index (χ0v) is 15.7. The fourth-order valence-corrected chi connectivity index (χ4v) is 3.29. The van der Waals surface area contributed by atoms with Crippen LogP contribution in [0.5, 0.6) is 0 Å². The minimum atomic E-state index is -0.130. The van der Waals surface area contributed by atoms with E-state index in [9.17, 15) is 0 Å². The highest BCUT2D eigenvalue weighted by molar-refractivity contribution is 5.25. The molecule has 5 nitrogen and oxygen atoms in total. The number of tetrazole rings is 1. The topological polar surface area (TPSA) is 46.8 Å². The monoisotopic (exact) mass is 348 g/mol. The fourth-order valence-electron chi connectivity index (χ4n) is 3.29. The van der Waals surface area contributed by atoms with E-state index >= 15 is 0 Å². The van der Waals surface area contributed by atoms with Gasteiger partial charge in [0.05, 0.1) is 11.6 Å². The number of rotatable bonds is 3. The first-order chi connectivity index (χ1) is 11.0. The van der Waals surface area contributed by atoms with Crippen LogP contribution in [-0.2, 0) is 5.54 Å². The molecule has 24 heavy (non-hydrogen) atoms. The molecule has 0 bridgehead atoms. The minimum absolute atomic E-state index is 0. The maximum atomic E-state index is 4.41. The van der Waals surface area contributed by atoms with Crippen molar-refractivity contribution in [1.82, 2.24) is 25.1 Å². The molecule has 3 rings (SSSR count). The second kappa shape index (κ2) is 7.62. The molecule has 132 valence electrons. The van der Waals surface area contributed by atoms with Crippen LogP contribution in [0.25, 0.3) is 0 Å². The maximum absolute atomic E-state index is 4.41. The van der Waals surface area contributed by atoms with Gasteiger partial charge in [0.2, 0.25) is 0 Å². The molecule has 1 saturated heterocycles. The van der Waals surface area contributed by atoms with Gasteiger partial charge in [0.25, 0.3) is 0 Å². The van der Waals surface area contributed by atoms with Gasteiger partial charge in [-0.3, -0.25) is 4.90 Å². The predicted octanol–water partition coefficient (Wildman–Crippen LogP) is 0.253. The lowest BCUT2D eigenvalue weighted by molar-refractivity contribution is -0.00000579. The van der Waals surface area contributed by atoms with E-state index in [0.29, 0.717) is 0 Å². The first-order valence-electron chi connectivity index (χ1n) is 8.54. The molecule has 6 heteroatoms. The Kier molecular flexibility index (Phi) is 5.99. The van der Waals surface area contributed by atoms with Crippen LogP contribution in [-0.4, -0.2) is 38.2 Å². The summed E-state index contributed by atoms with van der Waals surface area (Å²) in [6, 6.07) is 10.7. The van der Waals surface area contributed by atoms with Crippen molar-refractivity contribution in [3.05, 3.63) is 41.7 Å². The van der Waals surface area contributed by atoms with Crippen molar-refractivity contribution in [2.75, 3.05) is 13.1 Å². The summed E-state index contributed by atoms with van der Waals surface area (Å²) in [5, 5.41) is 12.7. The van der Waals surface area contributed by atoms with Gasteiger partial charge in [-0.1, -0.05) is 37.3 Å². The van der Waals surface area contributed by atoms with Gasteiger partial charge in [0.15, 0.2) is 5.82 Å². The van der Waals surface area contributed by atoms with Crippen molar-refractivity contribution >= 4 is 0 Å². The van der Waals surface area contributed by atoms with Gasteiger partial charge < -0.3 is 12.4 Å². The van der Waals surface area contributed by atoms with E-state index in [4.69, 9.17) is 0 Å². The van der Waals surface area contributed by atoms with Crippen molar-refractivity contribution in [3.63, 3.8) is 0 Å². The Labute approximate surface area is 150 Å². The Balaban J connectivity index is 0.00000208. The van der Waals surface area contributed by atoms with E-state index in [1.807, 2.05) is 4.68 Å². The first kappa shape index (κ1) is 18.9. The number of halogens is 1. The summed E-state index contributed by atoms with van der Waals surface area (Å²) >= 11 is 0. The molecule has 1 fully saturated rings. The standard InChI is InChI=1S/C18H27N5.ClH/c1-14-10-12-22(13-11-14)16(15-8-6-5-7-9-15)17-19-20-21-23(17)18(2,3)4;/h5-9,14,16H,10-13H2,1-4H3;1H/p-1. The average Bonchev–Trinajstić information content (AvgIpc) is 3.00. The molecule has 0 saturated carbocycles. The van der Waals surface area contributed by atoms with E-state index in [-0.39, 0.29) is 24.0 Å². The second-order valence-electron chi connectivity index (χ2n) is 7.65. The van der Waals surface area contributed by atoms with Crippen LogP contribution >= 0.6 is 0 Å². The largest absolute Gasteiger partial charge is 1.00 e. The Bertz CT molecular complexity index is 626. The Morgan fingerprint density at radius 2 is 1.71 bits per heavy atom. The van der Waals surface area contributed by atoms with Crippen LogP contribution in [0, 0.1) is 5.92 Å². The lowest BCUT2D eigenvalue weighted by atomic mass is 9.95. The Morgan fingerprint density at radius 1 is 1.08 bits per heavy atom. The highest BCUT2D eigenvalue weighted by Crippen LogP contribution is 2.32. The summed E-state index contributed by atoms with van der Waals surface area (Å²) in [7, 11) is 0. The number of hydrogen-bond acceptors (Lipinski definition) is 4. The third-order valence-electron chi connectivity index (χ3n) is 4.67. The molecule has 0 amide bonds. The van der Waals surface area contributed by atoms with Gasteiger partial charge in [0.1, 0.15) is 0 Å². The lowest BCUT2D eigenvalue weighted by Gasteiger charge is -2.37. The summed E-state index contributed by atoms with van der Waals surface area (Å²) in [5.74, 6) is 1.75. The van der Waals surface area contributed by atoms with E-state index in [2.05, 4.69) is 78.5 Å². The number of hydrogen-bond donors (Lipinski definition) is 0. The van der Waals surface area contributed by atoms with Gasteiger partial charge >= 0.3 is 0 Å². The normalized spacial score (nSPS) is 18.2. The van der Waals surface area contributed by atoms with Crippen molar-refractivity contribution < 1.29 is 12.4 Å². The Morgan fingerprint density at radius 3 is 2.29 bits per heavy atom. The van der Waals surface area contributed by atoms with Crippen LogP contribution in [0.15, 0.2) is 30.3 Å². The summed E-state index contributed by atoms with van der Waals surface area (Å²) in [5.41, 5.74) is 1.14. The first-order valence-corrected chi connectivity index (χ1v) is 8.54. The molecule has 0 N–H and O–H groups in total. The van der Waals surface area contributed by atoms with Crippen molar-refractivity contribution in [1.29, 1.82) is 0 Å². The van der Waals surface area contributed by atoms with Crippen LogP contribution < -0.4 is 12.4 Å². The molecule has 2 heterocycles. The van der Waals surface area contributed by atoms with Crippen LogP contribution in [0.3, 0.4) is 0 Å². The summed E-state index contributed by atoms with van der Waals surface area (Å²) in [4.78, 5) is 2.53. The maximum Gasteiger partial charge on any atom is 0.173 e. The highest BCUT2D eigenvalue weighted by atomic mass is 35.5. The van der Waals surface area contributed by atoms with Crippen LogP contribution in [0.4, 0.5) is 0 Å². The zero-order chi connectivity index (χ0) is 16.4. The van der Waals surface area contributed by atoms with E-state index in [1.54, 1.807) is 0 Å². The van der Waals surface area contributed by atoms with Crippen LogP contribution in [0.2, 0.25) is 0 Å². The zero-order valence-electron chi connectivity index (χ0n) is 15.0. The molecule has 0 spiro atoms. The Hall–Kier alpha value is -1.46. The fraction of sp³-hybridized carbons (Fsp3) is 0.611. The van der Waals surface area contributed by atoms with Gasteiger partial charge in [-0.15, -0.1) is 5.10 Å². The van der Waals surface area contributed by atoms with Crippen molar-refractivity contribution in [2.45, 2.75) is 52.1 Å². The number of nitrogens with zero attached hydrogens (tertiary/aromatic N) is 5. The van der Waals surface area contributed by atoms with E-state index in [0.717, 1.165) is 24.8 Å². The van der Waals surface area contributed by atoms with Crippen molar-refractivity contribution in [2.24, 2.45) is 5.92 Å². The van der Waals surface area contributed by atoms with Gasteiger partial charge in [-0.2, -0.15) is 0 Å². The predicted molar refractivity (Wildman–Crippen MR) is 91.1 cm³/mol. The summed E-state index contributed by atoms with van der Waals surface area (Å²) in [6.07, 6.45) is 2.47. The molecule has 0 radical (unpaired) electrons. The molecule has 1 aliphatic rings. The molecule has 0 aliphatic carbocycles. The van der Waals surface area contributed by atoms with E-state index in [1.165, 1.54) is 18.4 Å². The van der Waals surface area contributed by atoms with Gasteiger partial charge in [-0.05, 0) is 68.6 Å². The quantitative estimate of drug-likeness (QED) is 0.798. The minimum Gasteiger partial charge on any atom is -1.00 e. The molecule has 1 unspecified atom stereocenters. The number of benzene rings is 1. The second-order valence-corrected chi connectivity index (χ2v) is 7.65. The molecular weight excluding hydrogens is 322 g/mol. The van der Waals surface area contributed by atoms with Gasteiger partial charge in [-0.25, -0.2) is 4.68 Å². The van der Waals surface area contributed by atoms with Crippen LogP contribution in [0.1, 0.15) is 58.0 Å². The highest BCUT2D eigenvalue weighted by Gasteiger charge is 2.32. The third-order valence-corrected chi connectivity index (χ3v) is 4.67. The molecule has 1 atom stereocenters. The van der Waals surface area contributed by atoms with E-state index < -0.39 is 0 Å². The number of likely N-dealkylation sites (tertiary alicyclic amines) is 1. The number of aromatic nitrogens is 4. The molecular formula is C18H27ClN5-. The lowest BCUT2D eigenvalue weighted by Crippen LogP contribution is -3.00. The smallest absolute Gasteiger partial charge is 0.173 e.